The van der Waals surface area contributed by atoms with E-state index in [-0.39, 0.29) is 6.10 Å². The molecule has 0 bridgehead atoms. The Balaban J connectivity index is 2.49. The van der Waals surface area contributed by atoms with E-state index in [1.165, 1.54) is 5.56 Å². The number of hydrogen-bond acceptors (Lipinski definition) is 2. The van der Waals surface area contributed by atoms with Crippen LogP contribution in [0, 0.1) is 0 Å². The van der Waals surface area contributed by atoms with Gasteiger partial charge >= 0.3 is 0 Å². The quantitative estimate of drug-likeness (QED) is 0.731. The van der Waals surface area contributed by atoms with Crippen LogP contribution in [0.3, 0.4) is 0 Å². The minimum Gasteiger partial charge on any atom is -0.390 e. The summed E-state index contributed by atoms with van der Waals surface area (Å²) in [6.45, 7) is 6.94. The van der Waals surface area contributed by atoms with Crippen molar-refractivity contribution in [2.24, 2.45) is 0 Å². The summed E-state index contributed by atoms with van der Waals surface area (Å²) >= 11 is 0. The molecule has 0 aliphatic heterocycles. The largest absolute Gasteiger partial charge is 0.390 e. The summed E-state index contributed by atoms with van der Waals surface area (Å²) in [4.78, 5) is 0. The third kappa shape index (κ3) is 5.33. The highest BCUT2D eigenvalue weighted by molar-refractivity contribution is 5.14. The third-order valence-corrected chi connectivity index (χ3v) is 3.68. The summed E-state index contributed by atoms with van der Waals surface area (Å²) in [5.41, 5.74) is 0.880. The van der Waals surface area contributed by atoms with Crippen molar-refractivity contribution in [2.45, 2.75) is 64.6 Å². The van der Waals surface area contributed by atoms with Crippen molar-refractivity contribution < 1.29 is 9.84 Å². The van der Waals surface area contributed by atoms with Crippen molar-refractivity contribution in [3.63, 3.8) is 0 Å². The molecule has 108 valence electrons. The Kier molecular flexibility index (Phi) is 7.11. The summed E-state index contributed by atoms with van der Waals surface area (Å²) in [5, 5.41) is 10.3. The van der Waals surface area contributed by atoms with Crippen LogP contribution in [0.1, 0.15) is 52.0 Å². The predicted molar refractivity (Wildman–Crippen MR) is 80.3 cm³/mol. The zero-order chi connectivity index (χ0) is 14.1. The Hall–Kier alpha value is -0.860. The van der Waals surface area contributed by atoms with Crippen molar-refractivity contribution in [1.82, 2.24) is 0 Å². The van der Waals surface area contributed by atoms with Gasteiger partial charge in [0, 0.05) is 0 Å². The van der Waals surface area contributed by atoms with Gasteiger partial charge in [0.1, 0.15) is 0 Å². The van der Waals surface area contributed by atoms with E-state index in [9.17, 15) is 5.11 Å². The van der Waals surface area contributed by atoms with Crippen LogP contribution in [-0.4, -0.2) is 23.4 Å². The standard InChI is InChI=1S/C17H28O2/c1-4-9-16(18)17(3,13-5-2)19-14-12-15-10-7-6-8-11-15/h6-8,10-11,16,18H,4-5,9,12-14H2,1-3H3/t16-,17-/m1/s1. The highest BCUT2D eigenvalue weighted by atomic mass is 16.5. The molecule has 0 saturated carbocycles. The Morgan fingerprint density at radius 2 is 1.84 bits per heavy atom. The number of hydrogen-bond donors (Lipinski definition) is 1. The summed E-state index contributed by atoms with van der Waals surface area (Å²) in [6.07, 6.45) is 4.27. The van der Waals surface area contributed by atoms with Gasteiger partial charge in [-0.1, -0.05) is 57.0 Å². The van der Waals surface area contributed by atoms with Crippen molar-refractivity contribution in [3.05, 3.63) is 35.9 Å². The lowest BCUT2D eigenvalue weighted by molar-refractivity contribution is -0.119. The third-order valence-electron chi connectivity index (χ3n) is 3.68. The zero-order valence-electron chi connectivity index (χ0n) is 12.6. The first kappa shape index (κ1) is 16.2. The van der Waals surface area contributed by atoms with Gasteiger partial charge in [-0.3, -0.25) is 0 Å². The van der Waals surface area contributed by atoms with E-state index in [2.05, 4.69) is 26.0 Å². The van der Waals surface area contributed by atoms with Crippen molar-refractivity contribution >= 4 is 0 Å². The molecular weight excluding hydrogens is 236 g/mol. The molecule has 0 unspecified atom stereocenters. The second-order valence-corrected chi connectivity index (χ2v) is 5.45. The Bertz CT molecular complexity index is 336. The van der Waals surface area contributed by atoms with Crippen LogP contribution < -0.4 is 0 Å². The molecule has 1 aromatic rings. The zero-order valence-corrected chi connectivity index (χ0v) is 12.6. The molecule has 0 amide bonds. The number of aliphatic hydroxyl groups excluding tert-OH is 1. The number of aliphatic hydroxyl groups is 1. The lowest BCUT2D eigenvalue weighted by Gasteiger charge is -2.34. The molecule has 2 atom stereocenters. The highest BCUT2D eigenvalue weighted by Gasteiger charge is 2.32. The first-order valence-corrected chi connectivity index (χ1v) is 7.48. The summed E-state index contributed by atoms with van der Waals surface area (Å²) in [6, 6.07) is 10.3. The smallest absolute Gasteiger partial charge is 0.0912 e. The minimum absolute atomic E-state index is 0.367. The van der Waals surface area contributed by atoms with Gasteiger partial charge in [-0.2, -0.15) is 0 Å². The lowest BCUT2D eigenvalue weighted by atomic mass is 9.90. The topological polar surface area (TPSA) is 29.5 Å². The van der Waals surface area contributed by atoms with Crippen LogP contribution >= 0.6 is 0 Å². The SMILES string of the molecule is CCC[C@@H](O)[C@@](C)(CCC)OCCc1ccccc1. The second-order valence-electron chi connectivity index (χ2n) is 5.45. The van der Waals surface area contributed by atoms with Crippen molar-refractivity contribution in [3.8, 4) is 0 Å². The number of benzene rings is 1. The molecule has 1 rings (SSSR count). The fourth-order valence-corrected chi connectivity index (χ4v) is 2.46. The van der Waals surface area contributed by atoms with E-state index < -0.39 is 5.60 Å². The molecule has 1 N–H and O–H groups in total. The van der Waals surface area contributed by atoms with Gasteiger partial charge in [0.05, 0.1) is 18.3 Å². The summed E-state index contributed by atoms with van der Waals surface area (Å²) < 4.78 is 6.04. The van der Waals surface area contributed by atoms with Crippen molar-refractivity contribution in [1.29, 1.82) is 0 Å². The molecular formula is C17H28O2. The number of rotatable bonds is 9. The first-order valence-electron chi connectivity index (χ1n) is 7.48. The van der Waals surface area contributed by atoms with Gasteiger partial charge in [0.2, 0.25) is 0 Å². The fraction of sp³-hybridized carbons (Fsp3) is 0.647. The van der Waals surface area contributed by atoms with Crippen molar-refractivity contribution in [2.75, 3.05) is 6.61 Å². The van der Waals surface area contributed by atoms with Gasteiger partial charge in [-0.15, -0.1) is 0 Å². The maximum Gasteiger partial charge on any atom is 0.0912 e. The van der Waals surface area contributed by atoms with Gasteiger partial charge in [0.15, 0.2) is 0 Å². The maximum absolute atomic E-state index is 10.3. The van der Waals surface area contributed by atoms with Gasteiger partial charge in [-0.25, -0.2) is 0 Å². The van der Waals surface area contributed by atoms with E-state index in [1.807, 2.05) is 25.1 Å². The van der Waals surface area contributed by atoms with Crippen LogP contribution in [0.5, 0.6) is 0 Å². The van der Waals surface area contributed by atoms with Crippen LogP contribution in [0.4, 0.5) is 0 Å². The normalized spacial score (nSPS) is 16.0. The van der Waals surface area contributed by atoms with Crippen LogP contribution in [-0.2, 0) is 11.2 Å². The summed E-state index contributed by atoms with van der Waals surface area (Å²) in [7, 11) is 0. The molecule has 0 aliphatic rings. The molecule has 0 fully saturated rings. The van der Waals surface area contributed by atoms with Crippen LogP contribution in [0.15, 0.2) is 30.3 Å². The minimum atomic E-state index is -0.403. The maximum atomic E-state index is 10.3. The van der Waals surface area contributed by atoms with Crippen LogP contribution in [0.2, 0.25) is 0 Å². The molecule has 0 aromatic heterocycles. The average molecular weight is 264 g/mol. The summed E-state index contributed by atoms with van der Waals surface area (Å²) in [5.74, 6) is 0. The van der Waals surface area contributed by atoms with E-state index in [0.29, 0.717) is 6.61 Å². The molecule has 2 nitrogen and oxygen atoms in total. The fourth-order valence-electron chi connectivity index (χ4n) is 2.46. The number of ether oxygens (including phenoxy) is 1. The van der Waals surface area contributed by atoms with Gasteiger partial charge < -0.3 is 9.84 Å². The van der Waals surface area contributed by atoms with E-state index >= 15 is 0 Å². The van der Waals surface area contributed by atoms with E-state index in [4.69, 9.17) is 4.74 Å². The Morgan fingerprint density at radius 1 is 1.16 bits per heavy atom. The van der Waals surface area contributed by atoms with E-state index in [0.717, 1.165) is 32.1 Å². The Labute approximate surface area is 117 Å². The molecule has 0 saturated heterocycles. The Morgan fingerprint density at radius 3 is 2.42 bits per heavy atom. The molecule has 0 radical (unpaired) electrons. The first-order chi connectivity index (χ1) is 9.12. The lowest BCUT2D eigenvalue weighted by Crippen LogP contribution is -2.42. The average Bonchev–Trinajstić information content (AvgIpc) is 2.40. The molecule has 19 heavy (non-hydrogen) atoms. The molecule has 1 aromatic carbocycles. The molecule has 0 heterocycles. The predicted octanol–water partition coefficient (Wildman–Crippen LogP) is 3.97. The van der Waals surface area contributed by atoms with Gasteiger partial charge in [-0.05, 0) is 31.7 Å². The molecule has 0 aliphatic carbocycles. The van der Waals surface area contributed by atoms with E-state index in [1.54, 1.807) is 0 Å². The second kappa shape index (κ2) is 8.34. The molecule has 0 spiro atoms. The highest BCUT2D eigenvalue weighted by Crippen LogP contribution is 2.25. The monoisotopic (exact) mass is 264 g/mol. The van der Waals surface area contributed by atoms with Crippen LogP contribution in [0.25, 0.3) is 0 Å². The molecule has 2 heteroatoms. The van der Waals surface area contributed by atoms with Gasteiger partial charge in [0.25, 0.3) is 0 Å².